The van der Waals surface area contributed by atoms with Crippen LogP contribution in [0.15, 0.2) is 36.4 Å². The molecule has 0 atom stereocenters. The van der Waals surface area contributed by atoms with E-state index < -0.39 is 34.9 Å². The van der Waals surface area contributed by atoms with Crippen LogP contribution >= 0.6 is 0 Å². The lowest BCUT2D eigenvalue weighted by atomic mass is 9.75. The van der Waals surface area contributed by atoms with Gasteiger partial charge in [-0.2, -0.15) is 0 Å². The summed E-state index contributed by atoms with van der Waals surface area (Å²) in [4.78, 5) is 36.1. The van der Waals surface area contributed by atoms with Crippen LogP contribution in [-0.2, 0) is 4.79 Å². The number of rotatable bonds is 6. The maximum absolute atomic E-state index is 14.2. The van der Waals surface area contributed by atoms with E-state index in [2.05, 4.69) is 21.3 Å². The van der Waals surface area contributed by atoms with E-state index in [1.165, 1.54) is 38.4 Å². The van der Waals surface area contributed by atoms with E-state index in [0.717, 1.165) is 18.6 Å². The molecule has 0 bridgehead atoms. The fraction of sp³-hybridized carbons (Fsp3) is 0.286. The van der Waals surface area contributed by atoms with Gasteiger partial charge >= 0.3 is 0 Å². The lowest BCUT2D eigenvalue weighted by Crippen LogP contribution is -2.54. The Balaban J connectivity index is 1.76. The summed E-state index contributed by atoms with van der Waals surface area (Å²) in [5.74, 6) is -2.96. The topological polar surface area (TPSA) is 99.3 Å². The number of carbonyl (C=O) groups is 3. The molecule has 3 rings (SSSR count). The molecule has 0 radical (unpaired) electrons. The molecule has 1 saturated carbocycles. The molecule has 2 aromatic carbocycles. The standard InChI is InChI=1S/C21H22F2N4O3/c1-24-18(28)14-6-4-12(10-16(14)22)26-20(30)21(8-3-9-21)27-13-5-7-15(17(23)11-13)19(29)25-2/h4-7,10-11,27H,3,8-9H2,1-2H3,(H,24,28)(H,25,29)(H,26,30). The van der Waals surface area contributed by atoms with Crippen LogP contribution < -0.4 is 21.3 Å². The first kappa shape index (κ1) is 21.2. The van der Waals surface area contributed by atoms with E-state index in [4.69, 9.17) is 0 Å². The SMILES string of the molecule is CNC(=O)c1ccc(NC(=O)C2(Nc3ccc(C(=O)NC)c(F)c3)CCC2)cc1F. The Morgan fingerprint density at radius 2 is 1.33 bits per heavy atom. The highest BCUT2D eigenvalue weighted by Gasteiger charge is 2.44. The number of nitrogens with one attached hydrogen (secondary N) is 4. The van der Waals surface area contributed by atoms with E-state index in [-0.39, 0.29) is 16.8 Å². The van der Waals surface area contributed by atoms with Crippen molar-refractivity contribution < 1.29 is 23.2 Å². The molecule has 1 aliphatic carbocycles. The van der Waals surface area contributed by atoms with Gasteiger partial charge in [-0.3, -0.25) is 14.4 Å². The van der Waals surface area contributed by atoms with Gasteiger partial charge in [-0.25, -0.2) is 8.78 Å². The molecule has 9 heteroatoms. The molecule has 1 fully saturated rings. The van der Waals surface area contributed by atoms with Crippen LogP contribution in [0, 0.1) is 11.6 Å². The molecule has 0 spiro atoms. The summed E-state index contributed by atoms with van der Waals surface area (Å²) in [5.41, 5.74) is -0.632. The Labute approximate surface area is 172 Å². The van der Waals surface area contributed by atoms with E-state index >= 15 is 0 Å². The molecule has 1 aliphatic rings. The van der Waals surface area contributed by atoms with Crippen molar-refractivity contribution in [1.29, 1.82) is 0 Å². The van der Waals surface area contributed by atoms with Crippen LogP contribution in [0.4, 0.5) is 20.2 Å². The summed E-state index contributed by atoms with van der Waals surface area (Å²) >= 11 is 0. The lowest BCUT2D eigenvalue weighted by Gasteiger charge is -2.41. The quantitative estimate of drug-likeness (QED) is 0.582. The minimum absolute atomic E-state index is 0.0955. The Kier molecular flexibility index (Phi) is 6.00. The minimum atomic E-state index is -0.975. The first-order valence-electron chi connectivity index (χ1n) is 9.42. The summed E-state index contributed by atoms with van der Waals surface area (Å²) in [5, 5.41) is 10.4. The van der Waals surface area contributed by atoms with Gasteiger partial charge in [-0.05, 0) is 55.7 Å². The number of amides is 3. The highest BCUT2D eigenvalue weighted by atomic mass is 19.1. The average Bonchev–Trinajstić information content (AvgIpc) is 2.69. The van der Waals surface area contributed by atoms with Gasteiger partial charge in [0.2, 0.25) is 5.91 Å². The number of hydrogen-bond donors (Lipinski definition) is 4. The Bertz CT molecular complexity index is 1010. The zero-order chi connectivity index (χ0) is 21.9. The fourth-order valence-corrected chi connectivity index (χ4v) is 3.29. The van der Waals surface area contributed by atoms with Crippen LogP contribution in [-0.4, -0.2) is 37.4 Å². The normalized spacial score (nSPS) is 14.3. The molecule has 0 aromatic heterocycles. The molecule has 0 saturated heterocycles. The summed E-state index contributed by atoms with van der Waals surface area (Å²) in [6.07, 6.45) is 1.82. The third-order valence-corrected chi connectivity index (χ3v) is 5.16. The van der Waals surface area contributed by atoms with Gasteiger partial charge in [0.1, 0.15) is 17.2 Å². The van der Waals surface area contributed by atoms with Gasteiger partial charge in [-0.1, -0.05) is 0 Å². The Hall–Kier alpha value is -3.49. The van der Waals surface area contributed by atoms with Gasteiger partial charge in [0.25, 0.3) is 11.8 Å². The second-order valence-electron chi connectivity index (χ2n) is 7.06. The zero-order valence-corrected chi connectivity index (χ0v) is 16.6. The predicted molar refractivity (Wildman–Crippen MR) is 108 cm³/mol. The fourth-order valence-electron chi connectivity index (χ4n) is 3.29. The molecule has 7 nitrogen and oxygen atoms in total. The molecular formula is C21H22F2N4O3. The number of hydrogen-bond acceptors (Lipinski definition) is 4. The van der Waals surface area contributed by atoms with Crippen LogP contribution in [0.3, 0.4) is 0 Å². The van der Waals surface area contributed by atoms with Crippen molar-refractivity contribution in [2.75, 3.05) is 24.7 Å². The molecular weight excluding hydrogens is 394 g/mol. The third kappa shape index (κ3) is 4.10. The maximum atomic E-state index is 14.2. The molecule has 0 aliphatic heterocycles. The van der Waals surface area contributed by atoms with Crippen LogP contribution in [0.25, 0.3) is 0 Å². The minimum Gasteiger partial charge on any atom is -0.371 e. The summed E-state index contributed by atoms with van der Waals surface area (Å²) < 4.78 is 28.4. The smallest absolute Gasteiger partial charge is 0.253 e. The molecule has 4 N–H and O–H groups in total. The van der Waals surface area contributed by atoms with Crippen molar-refractivity contribution in [1.82, 2.24) is 10.6 Å². The first-order valence-corrected chi connectivity index (χ1v) is 9.42. The predicted octanol–water partition coefficient (Wildman–Crippen LogP) is 2.66. The van der Waals surface area contributed by atoms with E-state index in [1.807, 2.05) is 0 Å². The molecule has 0 heterocycles. The van der Waals surface area contributed by atoms with E-state index in [9.17, 15) is 23.2 Å². The number of halogens is 2. The van der Waals surface area contributed by atoms with Crippen molar-refractivity contribution in [3.8, 4) is 0 Å². The first-order chi connectivity index (χ1) is 14.3. The number of anilines is 2. The van der Waals surface area contributed by atoms with Crippen molar-refractivity contribution in [3.05, 3.63) is 59.2 Å². The summed E-state index contributed by atoms with van der Waals surface area (Å²) in [7, 11) is 2.80. The lowest BCUT2D eigenvalue weighted by molar-refractivity contribution is -0.122. The number of benzene rings is 2. The van der Waals surface area contributed by atoms with Crippen molar-refractivity contribution >= 4 is 29.1 Å². The van der Waals surface area contributed by atoms with E-state index in [1.54, 1.807) is 0 Å². The van der Waals surface area contributed by atoms with E-state index in [0.29, 0.717) is 18.5 Å². The van der Waals surface area contributed by atoms with Crippen molar-refractivity contribution in [2.24, 2.45) is 0 Å². The van der Waals surface area contributed by atoms with Gasteiger partial charge in [0, 0.05) is 25.5 Å². The highest BCUT2D eigenvalue weighted by molar-refractivity contribution is 6.02. The van der Waals surface area contributed by atoms with Crippen LogP contribution in [0.2, 0.25) is 0 Å². The maximum Gasteiger partial charge on any atom is 0.253 e. The van der Waals surface area contributed by atoms with Crippen LogP contribution in [0.1, 0.15) is 40.0 Å². The monoisotopic (exact) mass is 416 g/mol. The largest absolute Gasteiger partial charge is 0.371 e. The molecule has 158 valence electrons. The Morgan fingerprint density at radius 1 is 0.833 bits per heavy atom. The van der Waals surface area contributed by atoms with Gasteiger partial charge in [0.05, 0.1) is 11.1 Å². The van der Waals surface area contributed by atoms with Crippen LogP contribution in [0.5, 0.6) is 0 Å². The van der Waals surface area contributed by atoms with Gasteiger partial charge in [-0.15, -0.1) is 0 Å². The summed E-state index contributed by atoms with van der Waals surface area (Å²) in [6.45, 7) is 0. The molecule has 0 unspecified atom stereocenters. The van der Waals surface area contributed by atoms with Gasteiger partial charge in [0.15, 0.2) is 0 Å². The Morgan fingerprint density at radius 3 is 1.77 bits per heavy atom. The van der Waals surface area contributed by atoms with Crippen molar-refractivity contribution in [2.45, 2.75) is 24.8 Å². The van der Waals surface area contributed by atoms with Gasteiger partial charge < -0.3 is 21.3 Å². The number of carbonyl (C=O) groups excluding carboxylic acids is 3. The molecule has 30 heavy (non-hydrogen) atoms. The van der Waals surface area contributed by atoms with Crippen molar-refractivity contribution in [3.63, 3.8) is 0 Å². The average molecular weight is 416 g/mol. The molecule has 2 aromatic rings. The molecule has 3 amide bonds. The third-order valence-electron chi connectivity index (χ3n) is 5.16. The zero-order valence-electron chi connectivity index (χ0n) is 16.6. The highest BCUT2D eigenvalue weighted by Crippen LogP contribution is 2.37. The second kappa shape index (κ2) is 8.48. The summed E-state index contributed by atoms with van der Waals surface area (Å²) in [6, 6.07) is 7.84. The second-order valence-corrected chi connectivity index (χ2v) is 7.06.